The zero-order valence-electron chi connectivity index (χ0n) is 16.5. The van der Waals surface area contributed by atoms with E-state index in [1.165, 1.54) is 0 Å². The van der Waals surface area contributed by atoms with E-state index in [-0.39, 0.29) is 5.41 Å². The first-order valence-corrected chi connectivity index (χ1v) is 9.27. The van der Waals surface area contributed by atoms with Crippen molar-refractivity contribution in [3.63, 3.8) is 0 Å². The Bertz CT molecular complexity index is 920. The van der Waals surface area contributed by atoms with E-state index in [0.29, 0.717) is 12.2 Å². The summed E-state index contributed by atoms with van der Waals surface area (Å²) in [5.74, 6) is 0.862. The Kier molecular flexibility index (Phi) is 5.46. The molecule has 0 atom stereocenters. The molecule has 0 radical (unpaired) electrons. The molecule has 2 heteroatoms. The number of rotatable bonds is 5. The molecule has 138 valence electrons. The van der Waals surface area contributed by atoms with Gasteiger partial charge in [0.2, 0.25) is 0 Å². The molecule has 3 aromatic rings. The molecular weight excluding hydrogens is 332 g/mol. The summed E-state index contributed by atoms with van der Waals surface area (Å²) in [6.07, 6.45) is 0.942. The lowest BCUT2D eigenvalue weighted by Gasteiger charge is -2.28. The molecule has 0 spiro atoms. The molecule has 0 amide bonds. The molecule has 0 saturated heterocycles. The number of carbonyl (C=O) groups excluding carboxylic acids is 1. The molecule has 0 aliphatic heterocycles. The van der Waals surface area contributed by atoms with Crippen LogP contribution in [-0.2, 0) is 12.0 Å². The van der Waals surface area contributed by atoms with Crippen LogP contribution in [0.1, 0.15) is 47.8 Å². The van der Waals surface area contributed by atoms with Gasteiger partial charge in [-0.1, -0.05) is 81.4 Å². The Balaban J connectivity index is 2.20. The van der Waals surface area contributed by atoms with Gasteiger partial charge >= 0.3 is 0 Å². The molecule has 0 aliphatic rings. The number of aldehydes is 1. The van der Waals surface area contributed by atoms with Crippen molar-refractivity contribution in [1.29, 1.82) is 0 Å². The van der Waals surface area contributed by atoms with Crippen molar-refractivity contribution in [3.8, 4) is 16.9 Å². The van der Waals surface area contributed by atoms with Crippen LogP contribution in [0, 0.1) is 6.92 Å². The fourth-order valence-corrected chi connectivity index (χ4v) is 3.52. The molecule has 27 heavy (non-hydrogen) atoms. The van der Waals surface area contributed by atoms with E-state index in [2.05, 4.69) is 45.0 Å². The summed E-state index contributed by atoms with van der Waals surface area (Å²) >= 11 is 0. The van der Waals surface area contributed by atoms with Crippen LogP contribution in [0.25, 0.3) is 11.1 Å². The second-order valence-corrected chi connectivity index (χ2v) is 7.85. The van der Waals surface area contributed by atoms with Crippen molar-refractivity contribution in [2.24, 2.45) is 0 Å². The van der Waals surface area contributed by atoms with Crippen LogP contribution in [0.5, 0.6) is 5.75 Å². The van der Waals surface area contributed by atoms with Gasteiger partial charge in [-0.15, -0.1) is 0 Å². The second kappa shape index (κ2) is 7.79. The lowest BCUT2D eigenvalue weighted by atomic mass is 9.79. The van der Waals surface area contributed by atoms with E-state index in [0.717, 1.165) is 39.9 Å². The predicted octanol–water partition coefficient (Wildman–Crippen LogP) is 6.35. The van der Waals surface area contributed by atoms with Gasteiger partial charge in [0.15, 0.2) is 0 Å². The third-order valence-electron chi connectivity index (χ3n) is 4.77. The van der Waals surface area contributed by atoms with E-state index in [1.54, 1.807) is 0 Å². The van der Waals surface area contributed by atoms with Gasteiger partial charge in [0.25, 0.3) is 0 Å². The Morgan fingerprint density at radius 1 is 0.926 bits per heavy atom. The third kappa shape index (κ3) is 4.11. The van der Waals surface area contributed by atoms with Gasteiger partial charge in [-0.3, -0.25) is 4.79 Å². The lowest BCUT2D eigenvalue weighted by Crippen LogP contribution is -2.17. The highest BCUT2D eigenvalue weighted by Gasteiger charge is 2.26. The smallest absolute Gasteiger partial charge is 0.150 e. The topological polar surface area (TPSA) is 26.3 Å². The molecule has 3 rings (SSSR count). The van der Waals surface area contributed by atoms with Gasteiger partial charge in [0, 0.05) is 16.7 Å². The van der Waals surface area contributed by atoms with Crippen LogP contribution in [0.2, 0.25) is 0 Å². The maximum absolute atomic E-state index is 11.7. The van der Waals surface area contributed by atoms with E-state index in [9.17, 15) is 4.79 Å². The van der Waals surface area contributed by atoms with Crippen molar-refractivity contribution < 1.29 is 9.53 Å². The third-order valence-corrected chi connectivity index (χ3v) is 4.77. The van der Waals surface area contributed by atoms with Crippen molar-refractivity contribution in [1.82, 2.24) is 0 Å². The zero-order valence-corrected chi connectivity index (χ0v) is 16.5. The standard InChI is InChI=1S/C25H26O2/c1-18-21(16-26)15-22(20-13-9-6-10-14-20)24(23(18)25(2,3)4)27-17-19-11-7-5-8-12-19/h5-16H,17H2,1-4H3. The number of benzene rings is 3. The van der Waals surface area contributed by atoms with Crippen LogP contribution in [-0.4, -0.2) is 6.29 Å². The van der Waals surface area contributed by atoms with Crippen LogP contribution >= 0.6 is 0 Å². The van der Waals surface area contributed by atoms with Gasteiger partial charge in [-0.25, -0.2) is 0 Å². The van der Waals surface area contributed by atoms with E-state index < -0.39 is 0 Å². The molecule has 2 nitrogen and oxygen atoms in total. The summed E-state index contributed by atoms with van der Waals surface area (Å²) in [5.41, 5.74) is 5.76. The minimum atomic E-state index is -0.154. The highest BCUT2D eigenvalue weighted by Crippen LogP contribution is 2.43. The molecular formula is C25H26O2. The van der Waals surface area contributed by atoms with Crippen LogP contribution in [0.15, 0.2) is 66.7 Å². The summed E-state index contributed by atoms with van der Waals surface area (Å²) in [5, 5.41) is 0. The molecule has 0 fully saturated rings. The molecule has 0 aromatic heterocycles. The maximum atomic E-state index is 11.7. The number of hydrogen-bond donors (Lipinski definition) is 0. The first-order chi connectivity index (χ1) is 12.9. The van der Waals surface area contributed by atoms with Crippen molar-refractivity contribution in [3.05, 3.63) is 89.0 Å². The monoisotopic (exact) mass is 358 g/mol. The Morgan fingerprint density at radius 3 is 2.07 bits per heavy atom. The largest absolute Gasteiger partial charge is 0.488 e. The SMILES string of the molecule is Cc1c(C=O)cc(-c2ccccc2)c(OCc2ccccc2)c1C(C)(C)C. The summed E-state index contributed by atoms with van der Waals surface area (Å²) in [4.78, 5) is 11.7. The quantitative estimate of drug-likeness (QED) is 0.497. The zero-order chi connectivity index (χ0) is 19.4. The van der Waals surface area contributed by atoms with Crippen molar-refractivity contribution >= 4 is 6.29 Å². The Morgan fingerprint density at radius 2 is 1.52 bits per heavy atom. The van der Waals surface area contributed by atoms with Crippen LogP contribution in [0.4, 0.5) is 0 Å². The second-order valence-electron chi connectivity index (χ2n) is 7.85. The Hall–Kier alpha value is -2.87. The van der Waals surface area contributed by atoms with Gasteiger partial charge in [0.05, 0.1) is 0 Å². The minimum Gasteiger partial charge on any atom is -0.488 e. The van der Waals surface area contributed by atoms with E-state index in [1.807, 2.05) is 49.4 Å². The fourth-order valence-electron chi connectivity index (χ4n) is 3.52. The molecule has 0 heterocycles. The normalized spacial score (nSPS) is 11.3. The van der Waals surface area contributed by atoms with Gasteiger partial charge < -0.3 is 4.74 Å². The molecule has 0 bridgehead atoms. The average molecular weight is 358 g/mol. The fraction of sp³-hybridized carbons (Fsp3) is 0.240. The van der Waals surface area contributed by atoms with Crippen molar-refractivity contribution in [2.45, 2.75) is 39.7 Å². The summed E-state index contributed by atoms with van der Waals surface area (Å²) in [6.45, 7) is 8.98. The molecule has 0 N–H and O–H groups in total. The number of ether oxygens (including phenoxy) is 1. The summed E-state index contributed by atoms with van der Waals surface area (Å²) in [6, 6.07) is 22.2. The van der Waals surface area contributed by atoms with Crippen molar-refractivity contribution in [2.75, 3.05) is 0 Å². The maximum Gasteiger partial charge on any atom is 0.150 e. The highest BCUT2D eigenvalue weighted by atomic mass is 16.5. The van der Waals surface area contributed by atoms with Crippen LogP contribution in [0.3, 0.4) is 0 Å². The number of hydrogen-bond acceptors (Lipinski definition) is 2. The van der Waals surface area contributed by atoms with E-state index in [4.69, 9.17) is 4.74 Å². The van der Waals surface area contributed by atoms with Gasteiger partial charge in [-0.05, 0) is 35.1 Å². The average Bonchev–Trinajstić information content (AvgIpc) is 2.66. The summed E-state index contributed by atoms with van der Waals surface area (Å²) in [7, 11) is 0. The predicted molar refractivity (Wildman–Crippen MR) is 111 cm³/mol. The number of carbonyl (C=O) groups is 1. The van der Waals surface area contributed by atoms with Crippen LogP contribution < -0.4 is 4.74 Å². The first-order valence-electron chi connectivity index (χ1n) is 9.27. The van der Waals surface area contributed by atoms with E-state index >= 15 is 0 Å². The van der Waals surface area contributed by atoms with Gasteiger partial charge in [-0.2, -0.15) is 0 Å². The van der Waals surface area contributed by atoms with Gasteiger partial charge in [0.1, 0.15) is 18.6 Å². The molecule has 3 aromatic carbocycles. The minimum absolute atomic E-state index is 0.154. The lowest BCUT2D eigenvalue weighted by molar-refractivity contribution is 0.112. The highest BCUT2D eigenvalue weighted by molar-refractivity contribution is 5.85. The first kappa shape index (κ1) is 18.9. The molecule has 0 aliphatic carbocycles. The molecule has 0 unspecified atom stereocenters. The Labute approximate surface area is 161 Å². The molecule has 0 saturated carbocycles. The summed E-state index contributed by atoms with van der Waals surface area (Å²) < 4.78 is 6.40.